The van der Waals surface area contributed by atoms with Crippen molar-refractivity contribution in [2.45, 2.75) is 12.5 Å². The summed E-state index contributed by atoms with van der Waals surface area (Å²) in [6, 6.07) is 0. The van der Waals surface area contributed by atoms with Crippen molar-refractivity contribution in [3.05, 3.63) is 22.7 Å². The summed E-state index contributed by atoms with van der Waals surface area (Å²) in [4.78, 5) is 7.61. The first-order valence-electron chi connectivity index (χ1n) is 3.91. The Morgan fingerprint density at radius 1 is 1.53 bits per heavy atom. The smallest absolute Gasteiger partial charge is 0.212 e. The highest BCUT2D eigenvalue weighted by Crippen LogP contribution is 2.18. The van der Waals surface area contributed by atoms with Crippen molar-refractivity contribution < 1.29 is 13.5 Å². The first-order valence-corrected chi connectivity index (χ1v) is 6.42. The van der Waals surface area contributed by atoms with E-state index in [4.69, 9.17) is 5.14 Å². The second-order valence-electron chi connectivity index (χ2n) is 3.31. The Morgan fingerprint density at radius 3 is 2.40 bits per heavy atom. The number of primary sulfonamides is 1. The lowest BCUT2D eigenvalue weighted by Crippen LogP contribution is -2.36. The third-order valence-electron chi connectivity index (χ3n) is 1.58. The minimum Gasteiger partial charge on any atom is -0.381 e. The van der Waals surface area contributed by atoms with Crippen LogP contribution in [0.4, 0.5) is 0 Å². The van der Waals surface area contributed by atoms with Crippen LogP contribution in [0.1, 0.15) is 12.7 Å². The molecule has 6 nitrogen and oxygen atoms in total. The second kappa shape index (κ2) is 4.12. The standard InChI is InChI=1S/C7H10BrN3O3S/c1-7(12,4-15(9,13)14)6-10-2-5(8)3-11-6/h2-3,12H,4H2,1H3,(H2,9,13,14). The van der Waals surface area contributed by atoms with Gasteiger partial charge in [0.2, 0.25) is 10.0 Å². The van der Waals surface area contributed by atoms with Crippen LogP contribution in [0, 0.1) is 0 Å². The van der Waals surface area contributed by atoms with Crippen molar-refractivity contribution in [1.82, 2.24) is 9.97 Å². The Morgan fingerprint density at radius 2 is 2.00 bits per heavy atom. The fourth-order valence-corrected chi connectivity index (χ4v) is 2.16. The molecule has 15 heavy (non-hydrogen) atoms. The third-order valence-corrected chi connectivity index (χ3v) is 2.96. The molecular formula is C7H10BrN3O3S. The number of aliphatic hydroxyl groups is 1. The fourth-order valence-electron chi connectivity index (χ4n) is 1.05. The molecule has 0 saturated carbocycles. The molecule has 8 heteroatoms. The first kappa shape index (κ1) is 12.5. The van der Waals surface area contributed by atoms with Crippen molar-refractivity contribution in [2.24, 2.45) is 5.14 Å². The van der Waals surface area contributed by atoms with Gasteiger partial charge in [-0.05, 0) is 22.9 Å². The number of rotatable bonds is 3. The summed E-state index contributed by atoms with van der Waals surface area (Å²) in [6.07, 6.45) is 2.83. The summed E-state index contributed by atoms with van der Waals surface area (Å²) in [5.74, 6) is -0.610. The molecule has 0 aliphatic rings. The van der Waals surface area contributed by atoms with E-state index in [1.54, 1.807) is 0 Å². The average molecular weight is 296 g/mol. The minimum atomic E-state index is -3.78. The quantitative estimate of drug-likeness (QED) is 0.799. The molecule has 0 bridgehead atoms. The summed E-state index contributed by atoms with van der Waals surface area (Å²) in [7, 11) is -3.78. The number of nitrogens with two attached hydrogens (primary N) is 1. The molecule has 1 atom stereocenters. The lowest BCUT2D eigenvalue weighted by Gasteiger charge is -2.19. The summed E-state index contributed by atoms with van der Waals surface area (Å²) >= 11 is 3.12. The third kappa shape index (κ3) is 3.82. The molecule has 1 aromatic heterocycles. The van der Waals surface area contributed by atoms with Crippen LogP contribution in [0.2, 0.25) is 0 Å². The highest BCUT2D eigenvalue weighted by Gasteiger charge is 2.31. The van der Waals surface area contributed by atoms with Gasteiger partial charge < -0.3 is 5.11 Å². The second-order valence-corrected chi connectivity index (χ2v) is 5.84. The average Bonchev–Trinajstić information content (AvgIpc) is 2.00. The van der Waals surface area contributed by atoms with Gasteiger partial charge in [0.25, 0.3) is 0 Å². The SMILES string of the molecule is CC(O)(CS(N)(=O)=O)c1ncc(Br)cn1. The minimum absolute atomic E-state index is 0.0136. The number of nitrogens with zero attached hydrogens (tertiary/aromatic N) is 2. The fraction of sp³-hybridized carbons (Fsp3) is 0.429. The molecule has 84 valence electrons. The van der Waals surface area contributed by atoms with Crippen LogP contribution in [0.25, 0.3) is 0 Å². The van der Waals surface area contributed by atoms with Crippen LogP contribution in [0.3, 0.4) is 0 Å². The van der Waals surface area contributed by atoms with Crippen LogP contribution in [-0.4, -0.2) is 29.2 Å². The highest BCUT2D eigenvalue weighted by atomic mass is 79.9. The van der Waals surface area contributed by atoms with E-state index in [1.165, 1.54) is 19.3 Å². The summed E-state index contributed by atoms with van der Waals surface area (Å²) in [5, 5.41) is 14.6. The number of halogens is 1. The van der Waals surface area contributed by atoms with Gasteiger partial charge in [-0.1, -0.05) is 0 Å². The Hall–Kier alpha value is -0.570. The maximum absolute atomic E-state index is 10.8. The summed E-state index contributed by atoms with van der Waals surface area (Å²) in [6.45, 7) is 1.29. The molecule has 0 aromatic carbocycles. The molecule has 0 spiro atoms. The Bertz CT molecular complexity index is 443. The molecule has 1 unspecified atom stereocenters. The van der Waals surface area contributed by atoms with E-state index in [2.05, 4.69) is 25.9 Å². The number of aromatic nitrogens is 2. The normalized spacial score (nSPS) is 16.0. The predicted octanol–water partition coefficient (Wildman–Crippen LogP) is -0.265. The topological polar surface area (TPSA) is 106 Å². The largest absolute Gasteiger partial charge is 0.381 e. The van der Waals surface area contributed by atoms with Gasteiger partial charge in [0, 0.05) is 12.4 Å². The van der Waals surface area contributed by atoms with E-state index in [-0.39, 0.29) is 5.82 Å². The molecule has 0 aliphatic carbocycles. The first-order chi connectivity index (χ1) is 6.71. The van der Waals surface area contributed by atoms with Crippen LogP contribution < -0.4 is 5.14 Å². The molecular weight excluding hydrogens is 286 g/mol. The highest BCUT2D eigenvalue weighted by molar-refractivity contribution is 9.10. The molecule has 1 heterocycles. The van der Waals surface area contributed by atoms with Gasteiger partial charge in [-0.15, -0.1) is 0 Å². The van der Waals surface area contributed by atoms with Gasteiger partial charge in [-0.3, -0.25) is 0 Å². The van der Waals surface area contributed by atoms with Crippen molar-refractivity contribution in [2.75, 3.05) is 5.75 Å². The van der Waals surface area contributed by atoms with Crippen LogP contribution >= 0.6 is 15.9 Å². The van der Waals surface area contributed by atoms with Crippen LogP contribution in [-0.2, 0) is 15.6 Å². The lowest BCUT2D eigenvalue weighted by molar-refractivity contribution is 0.0720. The zero-order valence-corrected chi connectivity index (χ0v) is 10.3. The van der Waals surface area contributed by atoms with Gasteiger partial charge >= 0.3 is 0 Å². The molecule has 0 amide bonds. The van der Waals surface area contributed by atoms with Crippen molar-refractivity contribution >= 4 is 26.0 Å². The Labute approximate surface area is 95.7 Å². The lowest BCUT2D eigenvalue weighted by atomic mass is 10.1. The Balaban J connectivity index is 3.00. The van der Waals surface area contributed by atoms with Crippen LogP contribution in [0.15, 0.2) is 16.9 Å². The van der Waals surface area contributed by atoms with Gasteiger partial charge in [0.05, 0.1) is 10.2 Å². The molecule has 1 aromatic rings. The van der Waals surface area contributed by atoms with Gasteiger partial charge in [-0.25, -0.2) is 23.5 Å². The number of hydrogen-bond donors (Lipinski definition) is 2. The van der Waals surface area contributed by atoms with E-state index in [1.807, 2.05) is 0 Å². The van der Waals surface area contributed by atoms with E-state index < -0.39 is 21.4 Å². The van der Waals surface area contributed by atoms with E-state index >= 15 is 0 Å². The summed E-state index contributed by atoms with van der Waals surface area (Å²) < 4.78 is 22.3. The molecule has 0 radical (unpaired) electrons. The zero-order chi connectivity index (χ0) is 11.7. The molecule has 0 saturated heterocycles. The zero-order valence-electron chi connectivity index (χ0n) is 7.88. The van der Waals surface area contributed by atoms with Crippen LogP contribution in [0.5, 0.6) is 0 Å². The van der Waals surface area contributed by atoms with E-state index in [0.29, 0.717) is 4.47 Å². The maximum Gasteiger partial charge on any atom is 0.212 e. The Kier molecular flexibility index (Phi) is 3.44. The monoisotopic (exact) mass is 295 g/mol. The summed E-state index contributed by atoms with van der Waals surface area (Å²) in [5.41, 5.74) is -1.69. The molecule has 0 aliphatic heterocycles. The predicted molar refractivity (Wildman–Crippen MR) is 57.3 cm³/mol. The maximum atomic E-state index is 10.8. The van der Waals surface area contributed by atoms with Gasteiger partial charge in [-0.2, -0.15) is 0 Å². The van der Waals surface area contributed by atoms with Crippen molar-refractivity contribution in [3.63, 3.8) is 0 Å². The number of hydrogen-bond acceptors (Lipinski definition) is 5. The van der Waals surface area contributed by atoms with Gasteiger partial charge in [0.15, 0.2) is 5.82 Å². The van der Waals surface area contributed by atoms with Gasteiger partial charge in [0.1, 0.15) is 5.60 Å². The van der Waals surface area contributed by atoms with E-state index in [9.17, 15) is 13.5 Å². The van der Waals surface area contributed by atoms with E-state index in [0.717, 1.165) is 0 Å². The molecule has 3 N–H and O–H groups in total. The van der Waals surface area contributed by atoms with Crippen molar-refractivity contribution in [3.8, 4) is 0 Å². The number of sulfonamides is 1. The molecule has 0 fully saturated rings. The molecule has 1 rings (SSSR count). The van der Waals surface area contributed by atoms with Crippen molar-refractivity contribution in [1.29, 1.82) is 0 Å².